The fourth-order valence-corrected chi connectivity index (χ4v) is 4.73. The van der Waals surface area contributed by atoms with Crippen LogP contribution in [0, 0.1) is 0 Å². The molecule has 20 heavy (non-hydrogen) atoms. The molecule has 116 valence electrons. The molecule has 0 bridgehead atoms. The van der Waals surface area contributed by atoms with Crippen molar-refractivity contribution in [1.29, 1.82) is 0 Å². The first-order valence-corrected chi connectivity index (χ1v) is 8.59. The number of ether oxygens (including phenoxy) is 1. The lowest BCUT2D eigenvalue weighted by Crippen LogP contribution is -2.69. The lowest BCUT2D eigenvalue weighted by atomic mass is 9.82. The molecule has 1 heterocycles. The van der Waals surface area contributed by atoms with Gasteiger partial charge in [-0.3, -0.25) is 4.90 Å². The molecule has 0 radical (unpaired) electrons. The molecule has 0 aromatic carbocycles. The summed E-state index contributed by atoms with van der Waals surface area (Å²) < 4.78 is 5.66. The predicted molar refractivity (Wildman–Crippen MR) is 83.0 cm³/mol. The molecule has 1 saturated heterocycles. The van der Waals surface area contributed by atoms with Crippen LogP contribution in [0.2, 0.25) is 0 Å². The second kappa shape index (κ2) is 5.58. The van der Waals surface area contributed by atoms with E-state index >= 15 is 0 Å². The molecule has 3 nitrogen and oxygen atoms in total. The Morgan fingerprint density at radius 2 is 1.85 bits per heavy atom. The van der Waals surface area contributed by atoms with E-state index < -0.39 is 0 Å². The Hall–Kier alpha value is -0.120. The first kappa shape index (κ1) is 14.8. The van der Waals surface area contributed by atoms with Crippen LogP contribution in [-0.4, -0.2) is 48.3 Å². The maximum absolute atomic E-state index is 5.66. The van der Waals surface area contributed by atoms with Crippen molar-refractivity contribution >= 4 is 0 Å². The summed E-state index contributed by atoms with van der Waals surface area (Å²) in [5.74, 6) is 0. The van der Waals surface area contributed by atoms with Crippen LogP contribution in [0.4, 0.5) is 0 Å². The summed E-state index contributed by atoms with van der Waals surface area (Å²) in [5.41, 5.74) is 0.712. The average Bonchev–Trinajstić information content (AvgIpc) is 2.91. The Morgan fingerprint density at radius 3 is 2.55 bits per heavy atom. The Bertz CT molecular complexity index is 336. The zero-order chi connectivity index (χ0) is 14.2. The highest BCUT2D eigenvalue weighted by Crippen LogP contribution is 2.39. The molecule has 3 fully saturated rings. The van der Waals surface area contributed by atoms with Crippen LogP contribution in [0.25, 0.3) is 0 Å². The number of hydrogen-bond acceptors (Lipinski definition) is 3. The lowest BCUT2D eigenvalue weighted by molar-refractivity contribution is -0.0445. The van der Waals surface area contributed by atoms with Gasteiger partial charge in [0, 0.05) is 37.3 Å². The minimum absolute atomic E-state index is 0.286. The van der Waals surface area contributed by atoms with E-state index in [0.717, 1.165) is 12.6 Å². The summed E-state index contributed by atoms with van der Waals surface area (Å²) in [6.07, 6.45) is 11.2. The average molecular weight is 280 g/mol. The number of methoxy groups -OCH3 is 1. The lowest BCUT2D eigenvalue weighted by Gasteiger charge is -2.55. The van der Waals surface area contributed by atoms with Crippen LogP contribution in [0.5, 0.6) is 0 Å². The summed E-state index contributed by atoms with van der Waals surface area (Å²) >= 11 is 0. The van der Waals surface area contributed by atoms with E-state index in [2.05, 4.69) is 24.1 Å². The molecular weight excluding hydrogens is 248 g/mol. The molecule has 2 aliphatic carbocycles. The summed E-state index contributed by atoms with van der Waals surface area (Å²) in [6.45, 7) is 7.22. The summed E-state index contributed by atoms with van der Waals surface area (Å²) in [4.78, 5) is 2.83. The van der Waals surface area contributed by atoms with Crippen molar-refractivity contribution in [2.75, 3.05) is 20.2 Å². The third-order valence-corrected chi connectivity index (χ3v) is 6.08. The molecule has 1 aliphatic heterocycles. The van der Waals surface area contributed by atoms with Gasteiger partial charge >= 0.3 is 0 Å². The molecular formula is C17H32N2O. The van der Waals surface area contributed by atoms with Crippen LogP contribution in [0.15, 0.2) is 0 Å². The monoisotopic (exact) mass is 280 g/mol. The van der Waals surface area contributed by atoms with E-state index in [1.165, 1.54) is 57.9 Å². The second-order valence-electron chi connectivity index (χ2n) is 7.96. The Kier molecular flexibility index (Phi) is 4.13. The summed E-state index contributed by atoms with van der Waals surface area (Å²) in [7, 11) is 1.88. The van der Waals surface area contributed by atoms with Gasteiger partial charge in [-0.1, -0.05) is 12.8 Å². The summed E-state index contributed by atoms with van der Waals surface area (Å²) in [5, 5.41) is 3.91. The smallest absolute Gasteiger partial charge is 0.0586 e. The van der Waals surface area contributed by atoms with Gasteiger partial charge in [0.05, 0.1) is 6.10 Å². The van der Waals surface area contributed by atoms with E-state index in [0.29, 0.717) is 11.6 Å². The van der Waals surface area contributed by atoms with Crippen molar-refractivity contribution in [3.8, 4) is 0 Å². The molecule has 1 N–H and O–H groups in total. The third-order valence-electron chi connectivity index (χ3n) is 6.08. The van der Waals surface area contributed by atoms with Gasteiger partial charge in [-0.05, 0) is 52.4 Å². The molecule has 1 spiro atoms. The fourth-order valence-electron chi connectivity index (χ4n) is 4.73. The van der Waals surface area contributed by atoms with E-state index in [4.69, 9.17) is 4.74 Å². The molecule has 3 rings (SSSR count). The minimum Gasteiger partial charge on any atom is -0.381 e. The van der Waals surface area contributed by atoms with Crippen LogP contribution < -0.4 is 5.32 Å². The largest absolute Gasteiger partial charge is 0.381 e. The van der Waals surface area contributed by atoms with Crippen molar-refractivity contribution in [2.24, 2.45) is 0 Å². The first-order chi connectivity index (χ1) is 9.55. The highest BCUT2D eigenvalue weighted by atomic mass is 16.5. The molecule has 2 unspecified atom stereocenters. The Balaban J connectivity index is 1.73. The molecule has 0 aromatic heterocycles. The Labute approximate surface area is 124 Å². The van der Waals surface area contributed by atoms with Gasteiger partial charge in [0.1, 0.15) is 0 Å². The number of hydrogen-bond donors (Lipinski definition) is 1. The number of rotatable bonds is 2. The number of piperazine rings is 1. The molecule has 3 aliphatic rings. The zero-order valence-corrected chi connectivity index (χ0v) is 13.6. The Morgan fingerprint density at radius 1 is 1.10 bits per heavy atom. The van der Waals surface area contributed by atoms with Gasteiger partial charge in [-0.15, -0.1) is 0 Å². The number of nitrogens with one attached hydrogen (secondary N) is 1. The highest BCUT2D eigenvalue weighted by molar-refractivity contribution is 5.06. The van der Waals surface area contributed by atoms with Crippen molar-refractivity contribution < 1.29 is 4.74 Å². The maximum Gasteiger partial charge on any atom is 0.0586 e. The van der Waals surface area contributed by atoms with Crippen molar-refractivity contribution in [3.05, 3.63) is 0 Å². The van der Waals surface area contributed by atoms with Crippen LogP contribution in [-0.2, 0) is 4.74 Å². The van der Waals surface area contributed by atoms with E-state index in [1.54, 1.807) is 0 Å². The van der Waals surface area contributed by atoms with Crippen LogP contribution >= 0.6 is 0 Å². The molecule has 0 aromatic rings. The molecule has 0 amide bonds. The zero-order valence-electron chi connectivity index (χ0n) is 13.6. The topological polar surface area (TPSA) is 24.5 Å². The predicted octanol–water partition coefficient (Wildman–Crippen LogP) is 2.94. The van der Waals surface area contributed by atoms with E-state index in [1.807, 2.05) is 7.11 Å². The van der Waals surface area contributed by atoms with Gasteiger partial charge < -0.3 is 10.1 Å². The quantitative estimate of drug-likeness (QED) is 0.841. The second-order valence-corrected chi connectivity index (χ2v) is 7.96. The number of nitrogens with zero attached hydrogens (tertiary/aromatic N) is 1. The molecule has 3 heteroatoms. The van der Waals surface area contributed by atoms with Crippen LogP contribution in [0.1, 0.15) is 65.2 Å². The van der Waals surface area contributed by atoms with Crippen LogP contribution in [0.3, 0.4) is 0 Å². The third kappa shape index (κ3) is 2.77. The van der Waals surface area contributed by atoms with Gasteiger partial charge in [0.25, 0.3) is 0 Å². The van der Waals surface area contributed by atoms with Gasteiger partial charge in [-0.2, -0.15) is 0 Å². The standard InChI is InChI=1S/C17H32N2O/c1-16(2)12-18-17(9-4-5-10-17)13-19(16)14-7-6-8-15(11-14)20-3/h14-15,18H,4-13H2,1-3H3. The molecule has 2 atom stereocenters. The van der Waals surface area contributed by atoms with E-state index in [-0.39, 0.29) is 5.54 Å². The fraction of sp³-hybridized carbons (Fsp3) is 1.00. The van der Waals surface area contributed by atoms with Gasteiger partial charge in [-0.25, -0.2) is 0 Å². The van der Waals surface area contributed by atoms with Gasteiger partial charge in [0.2, 0.25) is 0 Å². The van der Waals surface area contributed by atoms with Crippen molar-refractivity contribution in [3.63, 3.8) is 0 Å². The van der Waals surface area contributed by atoms with Crippen molar-refractivity contribution in [1.82, 2.24) is 10.2 Å². The normalized spacial score (nSPS) is 37.4. The van der Waals surface area contributed by atoms with Crippen molar-refractivity contribution in [2.45, 2.75) is 88.4 Å². The first-order valence-electron chi connectivity index (χ1n) is 8.59. The highest BCUT2D eigenvalue weighted by Gasteiger charge is 2.46. The minimum atomic E-state index is 0.286. The SMILES string of the molecule is COC1CCCC(N2CC3(CCCC3)NCC2(C)C)C1. The molecule has 2 saturated carbocycles. The maximum atomic E-state index is 5.66. The summed E-state index contributed by atoms with van der Waals surface area (Å²) in [6, 6.07) is 0.725. The van der Waals surface area contributed by atoms with Gasteiger partial charge in [0.15, 0.2) is 0 Å². The van der Waals surface area contributed by atoms with E-state index in [9.17, 15) is 0 Å².